The fourth-order valence-electron chi connectivity index (χ4n) is 4.55. The molecule has 2 heterocycles. The number of likely N-dealkylation sites (tertiary alicyclic amines) is 1. The minimum Gasteiger partial charge on any atom is -0.322 e. The van der Waals surface area contributed by atoms with E-state index in [0.29, 0.717) is 18.4 Å². The van der Waals surface area contributed by atoms with Gasteiger partial charge in [-0.15, -0.1) is 0 Å². The van der Waals surface area contributed by atoms with Crippen molar-refractivity contribution in [3.05, 3.63) is 70.9 Å². The smallest absolute Gasteiger partial charge is 0.255 e. The molecule has 1 aliphatic rings. The SMILES string of the molecule is CCCC(=O)Cc1ccc(C(=O)Nc2ccc3cc(CN4CCCCC4)cnc3c2C)cc1. The molecule has 2 aromatic carbocycles. The van der Waals surface area contributed by atoms with E-state index < -0.39 is 0 Å². The van der Waals surface area contributed by atoms with Gasteiger partial charge in [0, 0.05) is 42.2 Å². The zero-order chi connectivity index (χ0) is 23.2. The second-order valence-corrected chi connectivity index (χ2v) is 9.11. The summed E-state index contributed by atoms with van der Waals surface area (Å²) in [5.41, 5.74) is 5.40. The van der Waals surface area contributed by atoms with Crippen LogP contribution >= 0.6 is 0 Å². The van der Waals surface area contributed by atoms with Gasteiger partial charge in [0.1, 0.15) is 5.78 Å². The number of aryl methyl sites for hydroxylation is 1. The number of pyridine rings is 1. The van der Waals surface area contributed by atoms with Gasteiger partial charge in [-0.25, -0.2) is 0 Å². The summed E-state index contributed by atoms with van der Waals surface area (Å²) >= 11 is 0. The molecule has 5 heteroatoms. The average Bonchev–Trinajstić information content (AvgIpc) is 2.82. The van der Waals surface area contributed by atoms with Crippen molar-refractivity contribution < 1.29 is 9.59 Å². The highest BCUT2D eigenvalue weighted by atomic mass is 16.1. The second-order valence-electron chi connectivity index (χ2n) is 9.11. The summed E-state index contributed by atoms with van der Waals surface area (Å²) in [4.78, 5) is 31.9. The van der Waals surface area contributed by atoms with Crippen LogP contribution < -0.4 is 5.32 Å². The Morgan fingerprint density at radius 2 is 1.76 bits per heavy atom. The van der Waals surface area contributed by atoms with E-state index in [9.17, 15) is 9.59 Å². The topological polar surface area (TPSA) is 62.3 Å². The molecule has 0 spiro atoms. The fourth-order valence-corrected chi connectivity index (χ4v) is 4.55. The van der Waals surface area contributed by atoms with Crippen LogP contribution in [0.15, 0.2) is 48.7 Å². The molecule has 5 nitrogen and oxygen atoms in total. The number of rotatable bonds is 8. The molecule has 0 aliphatic carbocycles. The Morgan fingerprint density at radius 3 is 2.48 bits per heavy atom. The third kappa shape index (κ3) is 5.85. The van der Waals surface area contributed by atoms with Gasteiger partial charge in [-0.2, -0.15) is 0 Å². The van der Waals surface area contributed by atoms with E-state index in [4.69, 9.17) is 4.98 Å². The molecule has 0 saturated carbocycles. The number of carbonyl (C=O) groups excluding carboxylic acids is 2. The number of nitrogens with zero attached hydrogens (tertiary/aromatic N) is 2. The van der Waals surface area contributed by atoms with Crippen LogP contribution in [0.25, 0.3) is 10.9 Å². The summed E-state index contributed by atoms with van der Waals surface area (Å²) in [7, 11) is 0. The standard InChI is InChI=1S/C28H33N3O2/c1-3-7-25(32)17-21-8-10-23(11-9-21)28(33)30-26-13-12-24-16-22(18-29-27(24)20(26)2)19-31-14-5-4-6-15-31/h8-13,16,18H,3-7,14-15,17,19H2,1-2H3,(H,30,33). The minimum atomic E-state index is -0.161. The van der Waals surface area contributed by atoms with Crippen molar-refractivity contribution in [1.29, 1.82) is 0 Å². The van der Waals surface area contributed by atoms with Crippen LogP contribution in [0.4, 0.5) is 5.69 Å². The average molecular weight is 444 g/mol. The minimum absolute atomic E-state index is 0.161. The molecule has 0 unspecified atom stereocenters. The number of fused-ring (bicyclic) bond motifs is 1. The molecule has 172 valence electrons. The number of Topliss-reactive ketones (excluding diaryl/α,β-unsaturated/α-hetero) is 1. The van der Waals surface area contributed by atoms with Crippen molar-refractivity contribution >= 4 is 28.3 Å². The van der Waals surface area contributed by atoms with E-state index in [2.05, 4.69) is 16.3 Å². The second kappa shape index (κ2) is 10.7. The molecule has 3 aromatic rings. The van der Waals surface area contributed by atoms with E-state index in [1.165, 1.54) is 24.8 Å². The van der Waals surface area contributed by atoms with E-state index in [1.807, 2.05) is 44.3 Å². The van der Waals surface area contributed by atoms with E-state index in [-0.39, 0.29) is 11.7 Å². The van der Waals surface area contributed by atoms with Gasteiger partial charge < -0.3 is 5.32 Å². The summed E-state index contributed by atoms with van der Waals surface area (Å²) < 4.78 is 0. The van der Waals surface area contributed by atoms with Gasteiger partial charge in [0.2, 0.25) is 0 Å². The lowest BCUT2D eigenvalue weighted by molar-refractivity contribution is -0.118. The number of hydrogen-bond acceptors (Lipinski definition) is 4. The molecule has 4 rings (SSSR count). The lowest BCUT2D eigenvalue weighted by Crippen LogP contribution is -2.29. The first-order valence-corrected chi connectivity index (χ1v) is 12.1. The van der Waals surface area contributed by atoms with Gasteiger partial charge >= 0.3 is 0 Å². The summed E-state index contributed by atoms with van der Waals surface area (Å²) in [6.45, 7) is 7.28. The Kier molecular flexibility index (Phi) is 7.50. The van der Waals surface area contributed by atoms with E-state index in [1.54, 1.807) is 12.1 Å². The number of ketones is 1. The molecule has 1 aromatic heterocycles. The molecule has 1 amide bonds. The highest BCUT2D eigenvalue weighted by Gasteiger charge is 2.14. The van der Waals surface area contributed by atoms with Gasteiger partial charge in [0.25, 0.3) is 5.91 Å². The quantitative estimate of drug-likeness (QED) is 0.486. The third-order valence-corrected chi connectivity index (χ3v) is 6.41. The predicted octanol–water partition coefficient (Wildman–Crippen LogP) is 5.69. The van der Waals surface area contributed by atoms with E-state index >= 15 is 0 Å². The van der Waals surface area contributed by atoms with Crippen LogP contribution in [0.5, 0.6) is 0 Å². The highest BCUT2D eigenvalue weighted by Crippen LogP contribution is 2.26. The van der Waals surface area contributed by atoms with Crippen LogP contribution in [-0.4, -0.2) is 34.7 Å². The Balaban J connectivity index is 1.44. The number of amides is 1. The predicted molar refractivity (Wildman–Crippen MR) is 134 cm³/mol. The summed E-state index contributed by atoms with van der Waals surface area (Å²) in [6.07, 6.45) is 7.74. The third-order valence-electron chi connectivity index (χ3n) is 6.41. The van der Waals surface area contributed by atoms with Gasteiger partial charge in [0.15, 0.2) is 0 Å². The van der Waals surface area contributed by atoms with Crippen molar-refractivity contribution in [3.8, 4) is 0 Å². The van der Waals surface area contributed by atoms with Crippen molar-refractivity contribution in [2.24, 2.45) is 0 Å². The van der Waals surface area contributed by atoms with Crippen LogP contribution in [0.2, 0.25) is 0 Å². The Morgan fingerprint density at radius 1 is 1.00 bits per heavy atom. The largest absolute Gasteiger partial charge is 0.322 e. The number of hydrogen-bond donors (Lipinski definition) is 1. The molecular weight excluding hydrogens is 410 g/mol. The highest BCUT2D eigenvalue weighted by molar-refractivity contribution is 6.06. The van der Waals surface area contributed by atoms with Crippen LogP contribution in [0.3, 0.4) is 0 Å². The molecule has 1 N–H and O–H groups in total. The molecule has 1 aliphatic heterocycles. The zero-order valence-corrected chi connectivity index (χ0v) is 19.7. The van der Waals surface area contributed by atoms with Gasteiger partial charge in [-0.05, 0) is 80.2 Å². The lowest BCUT2D eigenvalue weighted by atomic mass is 10.0. The van der Waals surface area contributed by atoms with Crippen molar-refractivity contribution in [2.45, 2.75) is 58.9 Å². The Bertz CT molecular complexity index is 1130. The van der Waals surface area contributed by atoms with Crippen molar-refractivity contribution in [2.75, 3.05) is 18.4 Å². The monoisotopic (exact) mass is 443 g/mol. The number of aromatic nitrogens is 1. The number of nitrogens with one attached hydrogen (secondary N) is 1. The lowest BCUT2D eigenvalue weighted by Gasteiger charge is -2.26. The molecule has 0 atom stereocenters. The molecule has 33 heavy (non-hydrogen) atoms. The molecule has 0 bridgehead atoms. The van der Waals surface area contributed by atoms with Crippen LogP contribution in [-0.2, 0) is 17.8 Å². The van der Waals surface area contributed by atoms with Gasteiger partial charge in [-0.1, -0.05) is 31.5 Å². The number of carbonyl (C=O) groups is 2. The normalized spacial score (nSPS) is 14.4. The number of piperidine rings is 1. The summed E-state index contributed by atoms with van der Waals surface area (Å²) in [5, 5.41) is 4.12. The Labute approximate surface area is 196 Å². The van der Waals surface area contributed by atoms with Crippen LogP contribution in [0, 0.1) is 6.92 Å². The first-order valence-electron chi connectivity index (χ1n) is 12.1. The maximum absolute atomic E-state index is 12.8. The first kappa shape index (κ1) is 23.1. The van der Waals surface area contributed by atoms with E-state index in [0.717, 1.165) is 53.8 Å². The molecule has 0 radical (unpaired) electrons. The fraction of sp³-hybridized carbons (Fsp3) is 0.393. The zero-order valence-electron chi connectivity index (χ0n) is 19.7. The van der Waals surface area contributed by atoms with Crippen molar-refractivity contribution in [1.82, 2.24) is 9.88 Å². The van der Waals surface area contributed by atoms with Gasteiger partial charge in [-0.3, -0.25) is 19.5 Å². The van der Waals surface area contributed by atoms with Gasteiger partial charge in [0.05, 0.1) is 5.52 Å². The summed E-state index contributed by atoms with van der Waals surface area (Å²) in [5.74, 6) is 0.0682. The number of benzene rings is 2. The maximum Gasteiger partial charge on any atom is 0.255 e. The molecule has 1 fully saturated rings. The molecular formula is C28H33N3O2. The Hall–Kier alpha value is -3.05. The number of anilines is 1. The molecule has 1 saturated heterocycles. The van der Waals surface area contributed by atoms with Crippen LogP contribution in [0.1, 0.15) is 66.1 Å². The first-order chi connectivity index (χ1) is 16.0. The summed E-state index contributed by atoms with van der Waals surface area (Å²) in [6, 6.07) is 13.5. The maximum atomic E-state index is 12.8. The van der Waals surface area contributed by atoms with Crippen molar-refractivity contribution in [3.63, 3.8) is 0 Å².